The number of aryl methyl sites for hydroxylation is 4. The molecule has 0 amide bonds. The second kappa shape index (κ2) is 5.66. The highest BCUT2D eigenvalue weighted by atomic mass is 28.4. The third-order valence-corrected chi connectivity index (χ3v) is 8.70. The van der Waals surface area contributed by atoms with Gasteiger partial charge in [-0.2, -0.15) is 0 Å². The summed E-state index contributed by atoms with van der Waals surface area (Å²) in [7, 11) is -2.20. The van der Waals surface area contributed by atoms with Crippen molar-refractivity contribution in [3.8, 4) is 11.5 Å². The normalized spacial score (nSPS) is 18.2. The Kier molecular flexibility index (Phi) is 3.72. The van der Waals surface area contributed by atoms with Gasteiger partial charge in [0.05, 0.1) is 0 Å². The third kappa shape index (κ3) is 2.65. The van der Waals surface area contributed by atoms with E-state index in [-0.39, 0.29) is 0 Å². The van der Waals surface area contributed by atoms with Gasteiger partial charge in [0.25, 0.3) is 0 Å². The zero-order chi connectivity index (χ0) is 16.9. The maximum Gasteiger partial charge on any atom is 0.460 e. The molecule has 1 fully saturated rings. The van der Waals surface area contributed by atoms with Crippen molar-refractivity contribution >= 4 is 8.56 Å². The predicted molar refractivity (Wildman–Crippen MR) is 100 cm³/mol. The van der Waals surface area contributed by atoms with Crippen molar-refractivity contribution in [1.82, 2.24) is 0 Å². The molecule has 2 aliphatic heterocycles. The van der Waals surface area contributed by atoms with Gasteiger partial charge in [0.2, 0.25) is 0 Å². The summed E-state index contributed by atoms with van der Waals surface area (Å²) >= 11 is 0. The summed E-state index contributed by atoms with van der Waals surface area (Å²) in [5.74, 6) is 2.19. The van der Waals surface area contributed by atoms with Crippen LogP contribution in [-0.4, -0.2) is 8.56 Å². The molecule has 2 aliphatic rings. The van der Waals surface area contributed by atoms with E-state index in [1.165, 1.54) is 46.2 Å². The highest BCUT2D eigenvalue weighted by Crippen LogP contribution is 2.42. The van der Waals surface area contributed by atoms with E-state index in [0.29, 0.717) is 0 Å². The molecule has 1 spiro atoms. The van der Waals surface area contributed by atoms with Crippen LogP contribution >= 0.6 is 0 Å². The molecular weight excluding hydrogens is 312 g/mol. The van der Waals surface area contributed by atoms with Crippen LogP contribution in [-0.2, 0) is 6.42 Å². The van der Waals surface area contributed by atoms with Gasteiger partial charge in [-0.3, -0.25) is 0 Å². The summed E-state index contributed by atoms with van der Waals surface area (Å²) in [5, 5.41) is 0. The Hall–Kier alpha value is -1.74. The molecule has 24 heavy (non-hydrogen) atoms. The lowest BCUT2D eigenvalue weighted by atomic mass is 9.96. The summed E-state index contributed by atoms with van der Waals surface area (Å²) in [6.45, 7) is 8.70. The summed E-state index contributed by atoms with van der Waals surface area (Å²) in [4.78, 5) is 0. The second-order valence-electron chi connectivity index (χ2n) is 7.64. The van der Waals surface area contributed by atoms with Crippen molar-refractivity contribution in [2.24, 2.45) is 0 Å². The van der Waals surface area contributed by atoms with Gasteiger partial charge in [0, 0.05) is 18.5 Å². The Labute approximate surface area is 146 Å². The Bertz CT molecular complexity index is 742. The number of hydrogen-bond donors (Lipinski definition) is 0. The highest BCUT2D eigenvalue weighted by Gasteiger charge is 2.47. The van der Waals surface area contributed by atoms with Gasteiger partial charge in [-0.25, -0.2) is 0 Å². The first kappa shape index (κ1) is 15.8. The quantitative estimate of drug-likeness (QED) is 0.589. The van der Waals surface area contributed by atoms with Crippen LogP contribution in [0.2, 0.25) is 12.1 Å². The molecule has 0 aliphatic carbocycles. The molecule has 2 heterocycles. The summed E-state index contributed by atoms with van der Waals surface area (Å²) in [6.07, 6.45) is 3.35. The van der Waals surface area contributed by atoms with Gasteiger partial charge in [-0.15, -0.1) is 0 Å². The molecule has 2 aromatic carbocycles. The van der Waals surface area contributed by atoms with Gasteiger partial charge in [0.15, 0.2) is 0 Å². The topological polar surface area (TPSA) is 18.5 Å². The predicted octanol–water partition coefficient (Wildman–Crippen LogP) is 5.52. The van der Waals surface area contributed by atoms with Crippen molar-refractivity contribution in [2.75, 3.05) is 0 Å². The Balaban J connectivity index is 1.94. The van der Waals surface area contributed by atoms with E-state index in [4.69, 9.17) is 8.85 Å². The molecule has 4 rings (SSSR count). The average molecular weight is 339 g/mol. The Morgan fingerprint density at radius 3 is 1.62 bits per heavy atom. The molecule has 126 valence electrons. The minimum Gasteiger partial charge on any atom is -0.511 e. The van der Waals surface area contributed by atoms with E-state index in [1.54, 1.807) is 0 Å². The monoisotopic (exact) mass is 338 g/mol. The maximum atomic E-state index is 6.73. The number of rotatable bonds is 0. The van der Waals surface area contributed by atoms with Crippen molar-refractivity contribution in [3.63, 3.8) is 0 Å². The molecule has 1 saturated heterocycles. The Morgan fingerprint density at radius 1 is 0.708 bits per heavy atom. The fraction of sp³-hybridized carbons (Fsp3) is 0.429. The first-order chi connectivity index (χ1) is 11.5. The van der Waals surface area contributed by atoms with Gasteiger partial charge in [-0.1, -0.05) is 35.4 Å². The van der Waals surface area contributed by atoms with E-state index >= 15 is 0 Å². The minimum atomic E-state index is -2.20. The van der Waals surface area contributed by atoms with Gasteiger partial charge in [-0.05, 0) is 62.8 Å². The lowest BCUT2D eigenvalue weighted by molar-refractivity contribution is 0.376. The van der Waals surface area contributed by atoms with Crippen LogP contribution in [0.25, 0.3) is 0 Å². The smallest absolute Gasteiger partial charge is 0.460 e. The summed E-state index contributed by atoms with van der Waals surface area (Å²) in [6, 6.07) is 11.3. The van der Waals surface area contributed by atoms with Gasteiger partial charge in [0.1, 0.15) is 11.5 Å². The summed E-state index contributed by atoms with van der Waals surface area (Å²) < 4.78 is 13.5. The third-order valence-electron chi connectivity index (χ3n) is 5.31. The standard InChI is InChI=1S/C21H26O2Si/c1-14-9-16(3)20-18(11-14)13-19-12-15(2)10-17(4)21(19)23-24(22-20)7-5-6-8-24/h9-12H,5-8,13H2,1-4H3. The summed E-state index contributed by atoms with van der Waals surface area (Å²) in [5.41, 5.74) is 7.76. The van der Waals surface area contributed by atoms with Crippen molar-refractivity contribution < 1.29 is 8.85 Å². The number of fused-ring (bicyclic) bond motifs is 2. The fourth-order valence-corrected chi connectivity index (χ4v) is 7.96. The van der Waals surface area contributed by atoms with Crippen LogP contribution in [0.5, 0.6) is 11.5 Å². The fourth-order valence-electron chi connectivity index (χ4n) is 4.36. The molecule has 0 atom stereocenters. The minimum absolute atomic E-state index is 0.889. The number of hydrogen-bond acceptors (Lipinski definition) is 2. The molecule has 0 bridgehead atoms. The molecule has 0 N–H and O–H groups in total. The van der Waals surface area contributed by atoms with Crippen LogP contribution in [0, 0.1) is 27.7 Å². The van der Waals surface area contributed by atoms with Crippen LogP contribution in [0.15, 0.2) is 24.3 Å². The largest absolute Gasteiger partial charge is 0.511 e. The highest BCUT2D eigenvalue weighted by molar-refractivity contribution is 6.69. The molecule has 0 aromatic heterocycles. The van der Waals surface area contributed by atoms with Crippen LogP contribution in [0.4, 0.5) is 0 Å². The maximum absolute atomic E-state index is 6.73. The van der Waals surface area contributed by atoms with Crippen molar-refractivity contribution in [2.45, 2.75) is 59.0 Å². The van der Waals surface area contributed by atoms with Crippen LogP contribution < -0.4 is 8.85 Å². The van der Waals surface area contributed by atoms with E-state index < -0.39 is 8.56 Å². The van der Waals surface area contributed by atoms with Crippen LogP contribution in [0.1, 0.15) is 46.2 Å². The zero-order valence-corrected chi connectivity index (χ0v) is 16.2. The van der Waals surface area contributed by atoms with E-state index in [1.807, 2.05) is 0 Å². The SMILES string of the molecule is Cc1cc(C)c2c(c1)Cc1cc(C)cc(C)c1O[Si]1(CCCC1)O2. The van der Waals surface area contributed by atoms with Gasteiger partial charge >= 0.3 is 8.56 Å². The van der Waals surface area contributed by atoms with E-state index in [0.717, 1.165) is 30.0 Å². The molecule has 0 unspecified atom stereocenters. The lowest BCUT2D eigenvalue weighted by Crippen LogP contribution is -2.47. The molecule has 0 radical (unpaired) electrons. The lowest BCUT2D eigenvalue weighted by Gasteiger charge is -2.34. The molecular formula is C21H26O2Si. The average Bonchev–Trinajstić information content (AvgIpc) is 2.94. The van der Waals surface area contributed by atoms with Crippen molar-refractivity contribution in [1.29, 1.82) is 0 Å². The van der Waals surface area contributed by atoms with Crippen LogP contribution in [0.3, 0.4) is 0 Å². The van der Waals surface area contributed by atoms with Gasteiger partial charge < -0.3 is 8.85 Å². The Morgan fingerprint density at radius 2 is 1.17 bits per heavy atom. The molecule has 0 saturated carbocycles. The molecule has 2 nitrogen and oxygen atoms in total. The molecule has 2 aromatic rings. The van der Waals surface area contributed by atoms with E-state index in [2.05, 4.69) is 52.0 Å². The number of benzene rings is 2. The first-order valence-corrected chi connectivity index (χ1v) is 11.3. The molecule has 3 heteroatoms. The first-order valence-electron chi connectivity index (χ1n) is 9.04. The zero-order valence-electron chi connectivity index (χ0n) is 15.2. The van der Waals surface area contributed by atoms with Crippen molar-refractivity contribution in [3.05, 3.63) is 57.6 Å². The second-order valence-corrected chi connectivity index (χ2v) is 10.9. The van der Waals surface area contributed by atoms with E-state index in [9.17, 15) is 0 Å².